The van der Waals surface area contributed by atoms with Crippen molar-refractivity contribution in [2.45, 2.75) is 77.5 Å². The van der Waals surface area contributed by atoms with Crippen LogP contribution in [0.1, 0.15) is 52.5 Å². The lowest BCUT2D eigenvalue weighted by atomic mass is 9.98. The third-order valence-electron chi connectivity index (χ3n) is 6.86. The number of carboxylic acid groups (broad SMARTS) is 1. The van der Waals surface area contributed by atoms with Gasteiger partial charge in [0.1, 0.15) is 18.1 Å². The molecule has 0 saturated heterocycles. The minimum Gasteiger partial charge on any atom is -0.480 e. The summed E-state index contributed by atoms with van der Waals surface area (Å²) in [4.78, 5) is 54.7. The number of nitrogens with one attached hydrogen (secondary N) is 4. The molecule has 5 unspecified atom stereocenters. The molecule has 3 amide bonds. The number of para-hydroxylation sites is 1. The summed E-state index contributed by atoms with van der Waals surface area (Å²) in [6.07, 6.45) is 5.11. The number of carboxylic acids is 1. The Morgan fingerprint density at radius 2 is 1.59 bits per heavy atom. The van der Waals surface area contributed by atoms with Gasteiger partial charge in [-0.15, -0.1) is 0 Å². The fraction of sp³-hybridized carbons (Fsp3) is 0.571. The van der Waals surface area contributed by atoms with E-state index in [0.29, 0.717) is 18.6 Å². The molecule has 39 heavy (non-hydrogen) atoms. The highest BCUT2D eigenvalue weighted by molar-refractivity contribution is 7.98. The number of hydrogen-bond donors (Lipinski definition) is 6. The average molecular weight is 562 g/mol. The second kappa shape index (κ2) is 15.5. The van der Waals surface area contributed by atoms with E-state index in [1.807, 2.05) is 58.2 Å². The molecule has 0 spiro atoms. The average Bonchev–Trinajstić information content (AvgIpc) is 3.31. The maximum Gasteiger partial charge on any atom is 0.326 e. The predicted molar refractivity (Wildman–Crippen MR) is 155 cm³/mol. The quantitative estimate of drug-likeness (QED) is 0.183. The molecule has 0 aliphatic rings. The second-order valence-electron chi connectivity index (χ2n) is 10.4. The number of thioether (sulfide) groups is 1. The van der Waals surface area contributed by atoms with E-state index in [1.54, 1.807) is 6.20 Å². The molecule has 5 atom stereocenters. The molecule has 0 radical (unpaired) electrons. The molecule has 10 nitrogen and oxygen atoms in total. The highest BCUT2D eigenvalue weighted by Crippen LogP contribution is 2.20. The van der Waals surface area contributed by atoms with E-state index in [-0.39, 0.29) is 24.7 Å². The molecule has 0 aliphatic heterocycles. The van der Waals surface area contributed by atoms with E-state index in [9.17, 15) is 24.3 Å². The maximum atomic E-state index is 13.5. The van der Waals surface area contributed by atoms with Gasteiger partial charge in [0.15, 0.2) is 0 Å². The first-order chi connectivity index (χ1) is 18.5. The van der Waals surface area contributed by atoms with Gasteiger partial charge in [0.05, 0.1) is 6.04 Å². The number of carbonyl (C=O) groups excluding carboxylic acids is 3. The van der Waals surface area contributed by atoms with Crippen LogP contribution in [0.3, 0.4) is 0 Å². The lowest BCUT2D eigenvalue weighted by Gasteiger charge is -2.26. The lowest BCUT2D eigenvalue weighted by Crippen LogP contribution is -2.58. The summed E-state index contributed by atoms with van der Waals surface area (Å²) in [5.74, 6) is -2.12. The van der Waals surface area contributed by atoms with Crippen LogP contribution in [0.15, 0.2) is 30.5 Å². The Morgan fingerprint density at radius 1 is 0.974 bits per heavy atom. The van der Waals surface area contributed by atoms with Crippen molar-refractivity contribution in [3.8, 4) is 0 Å². The summed E-state index contributed by atoms with van der Waals surface area (Å²) in [7, 11) is 0. The molecule has 0 bridgehead atoms. The van der Waals surface area contributed by atoms with Crippen LogP contribution in [0.2, 0.25) is 0 Å². The van der Waals surface area contributed by atoms with Gasteiger partial charge in [-0.1, -0.05) is 52.3 Å². The topological polar surface area (TPSA) is 166 Å². The van der Waals surface area contributed by atoms with Crippen LogP contribution in [-0.2, 0) is 25.6 Å². The Hall–Kier alpha value is -3.05. The van der Waals surface area contributed by atoms with Crippen molar-refractivity contribution in [3.63, 3.8) is 0 Å². The van der Waals surface area contributed by atoms with E-state index in [0.717, 1.165) is 16.5 Å². The summed E-state index contributed by atoms with van der Waals surface area (Å²) < 4.78 is 0. The number of H-pyrrole nitrogens is 1. The van der Waals surface area contributed by atoms with Gasteiger partial charge in [-0.05, 0) is 48.3 Å². The molecule has 1 aromatic heterocycles. The fourth-order valence-electron chi connectivity index (χ4n) is 4.25. The Kier molecular flexibility index (Phi) is 12.8. The number of aliphatic carboxylic acids is 1. The van der Waals surface area contributed by atoms with Crippen molar-refractivity contribution in [1.82, 2.24) is 20.9 Å². The number of aromatic amines is 1. The molecule has 2 aromatic rings. The van der Waals surface area contributed by atoms with Gasteiger partial charge in [0.25, 0.3) is 0 Å². The van der Waals surface area contributed by atoms with Gasteiger partial charge in [0, 0.05) is 23.5 Å². The van der Waals surface area contributed by atoms with Crippen LogP contribution in [0.25, 0.3) is 10.9 Å². The lowest BCUT2D eigenvalue weighted by molar-refractivity contribution is -0.142. The minimum absolute atomic E-state index is 0.0360. The Balaban J connectivity index is 2.32. The van der Waals surface area contributed by atoms with E-state index in [4.69, 9.17) is 5.73 Å². The van der Waals surface area contributed by atoms with E-state index < -0.39 is 47.9 Å². The number of fused-ring (bicyclic) bond motifs is 1. The van der Waals surface area contributed by atoms with Gasteiger partial charge >= 0.3 is 5.97 Å². The molecule has 0 aliphatic carbocycles. The number of hydrogen-bond acceptors (Lipinski definition) is 6. The van der Waals surface area contributed by atoms with Crippen LogP contribution in [0, 0.1) is 11.8 Å². The largest absolute Gasteiger partial charge is 0.480 e. The molecule has 11 heteroatoms. The molecular formula is C28H43N5O5S. The first-order valence-corrected chi connectivity index (χ1v) is 14.8. The molecule has 0 fully saturated rings. The summed E-state index contributed by atoms with van der Waals surface area (Å²) >= 11 is 1.53. The smallest absolute Gasteiger partial charge is 0.326 e. The first-order valence-electron chi connectivity index (χ1n) is 13.4. The monoisotopic (exact) mass is 561 g/mol. The summed E-state index contributed by atoms with van der Waals surface area (Å²) in [6.45, 7) is 7.55. The van der Waals surface area contributed by atoms with Crippen LogP contribution < -0.4 is 21.7 Å². The highest BCUT2D eigenvalue weighted by atomic mass is 32.2. The minimum atomic E-state index is -1.14. The van der Waals surface area contributed by atoms with Crippen LogP contribution in [0.5, 0.6) is 0 Å². The van der Waals surface area contributed by atoms with Crippen molar-refractivity contribution in [2.24, 2.45) is 17.6 Å². The molecule has 1 aromatic carbocycles. The van der Waals surface area contributed by atoms with Crippen molar-refractivity contribution in [3.05, 3.63) is 36.0 Å². The zero-order chi connectivity index (χ0) is 29.1. The Labute approximate surface area is 234 Å². The van der Waals surface area contributed by atoms with E-state index >= 15 is 0 Å². The summed E-state index contributed by atoms with van der Waals surface area (Å²) in [6, 6.07) is 3.76. The van der Waals surface area contributed by atoms with E-state index in [1.165, 1.54) is 11.8 Å². The number of rotatable bonds is 16. The second-order valence-corrected chi connectivity index (χ2v) is 11.4. The molecule has 1 heterocycles. The molecule has 216 valence electrons. The number of nitrogens with two attached hydrogens (primary N) is 1. The number of benzene rings is 1. The van der Waals surface area contributed by atoms with Crippen LogP contribution in [0.4, 0.5) is 0 Å². The number of amides is 3. The maximum absolute atomic E-state index is 13.5. The SMILES string of the molecule is CCC(C)C(N)C(=O)NC(CCSC)C(=O)NC(Cc1c[nH]c2ccccc12)C(=O)NC(CC(C)C)C(=O)O. The zero-order valence-electron chi connectivity index (χ0n) is 23.5. The Bertz CT molecular complexity index is 1120. The van der Waals surface area contributed by atoms with Gasteiger partial charge in [-0.25, -0.2) is 4.79 Å². The number of carbonyl (C=O) groups is 4. The van der Waals surface area contributed by atoms with Gasteiger partial charge in [-0.2, -0.15) is 11.8 Å². The van der Waals surface area contributed by atoms with Crippen LogP contribution >= 0.6 is 11.8 Å². The van der Waals surface area contributed by atoms with Crippen LogP contribution in [-0.4, -0.2) is 70.0 Å². The first kappa shape index (κ1) is 32.2. The molecule has 0 saturated carbocycles. The third kappa shape index (κ3) is 9.58. The number of aromatic nitrogens is 1. The highest BCUT2D eigenvalue weighted by Gasteiger charge is 2.31. The zero-order valence-corrected chi connectivity index (χ0v) is 24.3. The predicted octanol–water partition coefficient (Wildman–Crippen LogP) is 2.42. The van der Waals surface area contributed by atoms with Crippen molar-refractivity contribution in [1.29, 1.82) is 0 Å². The van der Waals surface area contributed by atoms with Crippen molar-refractivity contribution >= 4 is 46.4 Å². The standard InChI is InChI=1S/C28H43N5O5S/c1-6-17(4)24(29)27(36)31-21(11-12-39-5)25(34)32-22(26(35)33-23(28(37)38)13-16(2)3)14-18-15-30-20-10-8-7-9-19(18)20/h7-10,15-17,21-24,30H,6,11-14,29H2,1-5H3,(H,31,36)(H,32,34)(H,33,35)(H,37,38). The normalized spacial score (nSPS) is 15.3. The molecule has 2 rings (SSSR count). The third-order valence-corrected chi connectivity index (χ3v) is 7.50. The molecular weight excluding hydrogens is 518 g/mol. The summed E-state index contributed by atoms with van der Waals surface area (Å²) in [5, 5.41) is 18.7. The summed E-state index contributed by atoms with van der Waals surface area (Å²) in [5.41, 5.74) is 7.77. The van der Waals surface area contributed by atoms with Gasteiger partial charge in [0.2, 0.25) is 17.7 Å². The Morgan fingerprint density at radius 3 is 2.21 bits per heavy atom. The fourth-order valence-corrected chi connectivity index (χ4v) is 4.72. The van der Waals surface area contributed by atoms with Gasteiger partial charge in [-0.3, -0.25) is 14.4 Å². The van der Waals surface area contributed by atoms with Gasteiger partial charge < -0.3 is 31.8 Å². The van der Waals surface area contributed by atoms with Crippen molar-refractivity contribution < 1.29 is 24.3 Å². The molecule has 7 N–H and O–H groups in total. The van der Waals surface area contributed by atoms with E-state index in [2.05, 4.69) is 20.9 Å². The van der Waals surface area contributed by atoms with Crippen molar-refractivity contribution in [2.75, 3.05) is 12.0 Å².